The molecule has 0 fully saturated rings. The lowest BCUT2D eigenvalue weighted by molar-refractivity contribution is -0.385. The summed E-state index contributed by atoms with van der Waals surface area (Å²) < 4.78 is 2.83. The first-order valence-electron chi connectivity index (χ1n) is 9.36. The Labute approximate surface area is 188 Å². The predicted molar refractivity (Wildman–Crippen MR) is 121 cm³/mol. The van der Waals surface area contributed by atoms with Gasteiger partial charge in [-0.1, -0.05) is 17.7 Å². The van der Waals surface area contributed by atoms with Crippen molar-refractivity contribution < 1.29 is 9.85 Å². The zero-order valence-electron chi connectivity index (χ0n) is 17.8. The zero-order valence-corrected chi connectivity index (χ0v) is 18.5. The van der Waals surface area contributed by atoms with E-state index >= 15 is 0 Å². The number of nitro groups is 2. The van der Waals surface area contributed by atoms with Gasteiger partial charge in [-0.15, -0.1) is 0 Å². The van der Waals surface area contributed by atoms with Gasteiger partial charge in [-0.25, -0.2) is 0 Å². The van der Waals surface area contributed by atoms with Gasteiger partial charge in [0, 0.05) is 37.2 Å². The minimum absolute atomic E-state index is 0.100. The number of hydrogen-bond acceptors (Lipinski definition) is 7. The van der Waals surface area contributed by atoms with Crippen molar-refractivity contribution in [1.82, 2.24) is 19.6 Å². The summed E-state index contributed by atoms with van der Waals surface area (Å²) in [5.41, 5.74) is 1.64. The molecule has 0 amide bonds. The van der Waals surface area contributed by atoms with Crippen LogP contribution in [0.15, 0.2) is 36.7 Å². The highest BCUT2D eigenvalue weighted by molar-refractivity contribution is 6.30. The molecular formula is C20H20ClN7O4. The van der Waals surface area contributed by atoms with E-state index in [1.165, 1.54) is 9.36 Å². The average Bonchev–Trinajstić information content (AvgIpc) is 3.15. The second-order valence-electron chi connectivity index (χ2n) is 6.92. The van der Waals surface area contributed by atoms with Crippen molar-refractivity contribution in [2.75, 3.05) is 4.90 Å². The molecule has 0 saturated heterocycles. The highest BCUT2D eigenvalue weighted by Crippen LogP contribution is 2.27. The van der Waals surface area contributed by atoms with E-state index in [1.54, 1.807) is 81.7 Å². The zero-order chi connectivity index (χ0) is 23.6. The van der Waals surface area contributed by atoms with Crippen LogP contribution in [0.5, 0.6) is 0 Å². The second-order valence-corrected chi connectivity index (χ2v) is 7.36. The van der Waals surface area contributed by atoms with Crippen molar-refractivity contribution in [3.63, 3.8) is 0 Å². The summed E-state index contributed by atoms with van der Waals surface area (Å²) in [6.45, 7) is 3.13. The van der Waals surface area contributed by atoms with Crippen molar-refractivity contribution in [2.45, 2.75) is 13.8 Å². The van der Waals surface area contributed by atoms with Crippen LogP contribution in [0.3, 0.4) is 0 Å². The van der Waals surface area contributed by atoms with E-state index in [0.717, 1.165) is 0 Å². The molecule has 12 heteroatoms. The summed E-state index contributed by atoms with van der Waals surface area (Å²) in [5.74, 6) is 0. The third kappa shape index (κ3) is 4.52. The molecule has 0 radical (unpaired) electrons. The molecule has 2 aromatic heterocycles. The number of aryl methyl sites for hydroxylation is 4. The number of anilines is 1. The van der Waals surface area contributed by atoms with Crippen LogP contribution in [0.4, 0.5) is 17.1 Å². The van der Waals surface area contributed by atoms with Crippen LogP contribution < -0.4 is 4.90 Å². The van der Waals surface area contributed by atoms with Gasteiger partial charge >= 0.3 is 11.4 Å². The van der Waals surface area contributed by atoms with Gasteiger partial charge in [-0.3, -0.25) is 29.6 Å². The lowest BCUT2D eigenvalue weighted by Gasteiger charge is -2.16. The Morgan fingerprint density at radius 2 is 1.41 bits per heavy atom. The maximum absolute atomic E-state index is 11.5. The van der Waals surface area contributed by atoms with Gasteiger partial charge in [0.25, 0.3) is 0 Å². The Kier molecular flexibility index (Phi) is 6.40. The fourth-order valence-corrected chi connectivity index (χ4v) is 3.50. The number of rotatable bonds is 7. The molecule has 3 aromatic rings. The molecule has 0 aliphatic rings. The van der Waals surface area contributed by atoms with E-state index in [1.807, 2.05) is 0 Å². The molecule has 2 heterocycles. The molecule has 1 aromatic carbocycles. The molecule has 32 heavy (non-hydrogen) atoms. The van der Waals surface area contributed by atoms with E-state index in [2.05, 4.69) is 10.2 Å². The Morgan fingerprint density at radius 3 is 1.81 bits per heavy atom. The van der Waals surface area contributed by atoms with E-state index in [0.29, 0.717) is 33.5 Å². The van der Waals surface area contributed by atoms with Gasteiger partial charge in [-0.05, 0) is 44.2 Å². The first-order chi connectivity index (χ1) is 15.1. The van der Waals surface area contributed by atoms with Gasteiger partial charge in [0.15, 0.2) is 0 Å². The van der Waals surface area contributed by atoms with Gasteiger partial charge in [0.1, 0.15) is 22.8 Å². The van der Waals surface area contributed by atoms with Crippen LogP contribution in [-0.2, 0) is 14.1 Å². The topological polar surface area (TPSA) is 125 Å². The molecule has 166 valence electrons. The first kappa shape index (κ1) is 22.7. The highest BCUT2D eigenvalue weighted by atomic mass is 35.5. The van der Waals surface area contributed by atoms with Crippen molar-refractivity contribution >= 4 is 40.8 Å². The van der Waals surface area contributed by atoms with Crippen molar-refractivity contribution in [3.8, 4) is 0 Å². The van der Waals surface area contributed by atoms with Gasteiger partial charge in [0.2, 0.25) is 0 Å². The van der Waals surface area contributed by atoms with E-state index < -0.39 is 9.85 Å². The first-order valence-corrected chi connectivity index (χ1v) is 9.74. The van der Waals surface area contributed by atoms with Crippen LogP contribution in [0.2, 0.25) is 5.02 Å². The van der Waals surface area contributed by atoms with E-state index in [-0.39, 0.29) is 11.4 Å². The molecule has 3 rings (SSSR count). The average molecular weight is 458 g/mol. The Bertz CT molecular complexity index is 1180. The highest BCUT2D eigenvalue weighted by Gasteiger charge is 2.23. The number of halogens is 1. The van der Waals surface area contributed by atoms with Gasteiger partial charge in [0.05, 0.1) is 9.85 Å². The van der Waals surface area contributed by atoms with Crippen molar-refractivity contribution in [3.05, 3.63) is 84.7 Å². The quantitative estimate of drug-likeness (QED) is 0.380. The fourth-order valence-electron chi connectivity index (χ4n) is 3.31. The SMILES string of the molecule is Cc1nn(C)c(/C=C/N(/C=C/c2c([N+](=O)[O-])c(C)nn2C)c2cccc(Cl)c2)c1[N+](=O)[O-]. The second kappa shape index (κ2) is 9.02. The molecule has 0 N–H and O–H groups in total. The molecule has 0 spiro atoms. The third-order valence-electron chi connectivity index (χ3n) is 4.73. The molecule has 0 unspecified atom stereocenters. The minimum atomic E-state index is -0.483. The molecule has 0 bridgehead atoms. The molecule has 0 saturated carbocycles. The standard InChI is InChI=1S/C20H20ClN7O4/c1-13-19(27(29)30)17(24(3)22-13)8-10-26(16-7-5-6-15(21)12-16)11-9-18-20(28(31)32)14(2)23-25(18)4/h5-12H,1-4H3/b10-8+,11-9+. The van der Waals surface area contributed by atoms with Crippen LogP contribution in [0.25, 0.3) is 12.2 Å². The van der Waals surface area contributed by atoms with Crippen LogP contribution in [-0.4, -0.2) is 29.4 Å². The van der Waals surface area contributed by atoms with E-state index in [9.17, 15) is 20.2 Å². The number of nitrogens with zero attached hydrogens (tertiary/aromatic N) is 7. The molecular weight excluding hydrogens is 438 g/mol. The largest absolute Gasteiger partial charge is 0.324 e. The van der Waals surface area contributed by atoms with Crippen LogP contribution >= 0.6 is 11.6 Å². The van der Waals surface area contributed by atoms with Gasteiger partial charge < -0.3 is 4.90 Å². The summed E-state index contributed by atoms with van der Waals surface area (Å²) in [7, 11) is 3.22. The normalized spacial score (nSPS) is 11.5. The maximum atomic E-state index is 11.5. The predicted octanol–water partition coefficient (Wildman–Crippen LogP) is 4.39. The van der Waals surface area contributed by atoms with Gasteiger partial charge in [-0.2, -0.15) is 10.2 Å². The minimum Gasteiger partial charge on any atom is -0.324 e. The Balaban J connectivity index is 2.08. The monoisotopic (exact) mass is 457 g/mol. The molecule has 0 aliphatic carbocycles. The lowest BCUT2D eigenvalue weighted by Crippen LogP contribution is -2.08. The fraction of sp³-hybridized carbons (Fsp3) is 0.200. The summed E-state index contributed by atoms with van der Waals surface area (Å²) in [5, 5.41) is 31.6. The Hall–Kier alpha value is -3.99. The summed E-state index contributed by atoms with van der Waals surface area (Å²) in [6.07, 6.45) is 6.29. The molecule has 11 nitrogen and oxygen atoms in total. The lowest BCUT2D eigenvalue weighted by atomic mass is 10.2. The maximum Gasteiger partial charge on any atom is 0.317 e. The molecule has 0 atom stereocenters. The molecule has 0 aliphatic heterocycles. The van der Waals surface area contributed by atoms with Crippen molar-refractivity contribution in [1.29, 1.82) is 0 Å². The smallest absolute Gasteiger partial charge is 0.317 e. The van der Waals surface area contributed by atoms with Crippen molar-refractivity contribution in [2.24, 2.45) is 14.1 Å². The number of hydrogen-bond donors (Lipinski definition) is 0. The summed E-state index contributed by atoms with van der Waals surface area (Å²) >= 11 is 6.13. The van der Waals surface area contributed by atoms with E-state index in [4.69, 9.17) is 11.6 Å². The summed E-state index contributed by atoms with van der Waals surface area (Å²) in [4.78, 5) is 23.6. The Morgan fingerprint density at radius 1 is 0.938 bits per heavy atom. The number of benzene rings is 1. The third-order valence-corrected chi connectivity index (χ3v) is 4.96. The number of aromatic nitrogens is 4. The van der Waals surface area contributed by atoms with Crippen LogP contribution in [0, 0.1) is 34.1 Å². The summed E-state index contributed by atoms with van der Waals surface area (Å²) in [6, 6.07) is 6.94. The van der Waals surface area contributed by atoms with Crippen LogP contribution in [0.1, 0.15) is 22.8 Å².